The van der Waals surface area contributed by atoms with Crippen LogP contribution in [0.1, 0.15) is 20.3 Å². The minimum atomic E-state index is -2.94. The van der Waals surface area contributed by atoms with E-state index in [0.717, 1.165) is 7.11 Å². The van der Waals surface area contributed by atoms with Crippen molar-refractivity contribution in [3.63, 3.8) is 0 Å². The molecule has 0 aliphatic carbocycles. The highest BCUT2D eigenvalue weighted by Crippen LogP contribution is 2.19. The van der Waals surface area contributed by atoms with E-state index >= 15 is 0 Å². The smallest absolute Gasteiger partial charge is 0.454 e. The van der Waals surface area contributed by atoms with E-state index in [1.165, 1.54) is 21.3 Å². The number of rotatable bonds is 7. The summed E-state index contributed by atoms with van der Waals surface area (Å²) in [6.07, 6.45) is 0.556. The van der Waals surface area contributed by atoms with Crippen molar-refractivity contribution in [2.75, 3.05) is 28.4 Å². The lowest BCUT2D eigenvalue weighted by Crippen LogP contribution is -2.56. The zero-order valence-electron chi connectivity index (χ0n) is 12.0. The molecular weight excluding hydrogens is 256 g/mol. The quantitative estimate of drug-likeness (QED) is 0.424. The Morgan fingerprint density at radius 2 is 1.61 bits per heavy atom. The molecule has 0 saturated heterocycles. The van der Waals surface area contributed by atoms with Gasteiger partial charge in [-0.1, -0.05) is 13.5 Å². The summed E-state index contributed by atoms with van der Waals surface area (Å²) in [6.45, 7) is 6.98. The Balaban J connectivity index is 0. The molecule has 6 nitrogen and oxygen atoms in total. The molecule has 1 atom stereocenters. The Morgan fingerprint density at radius 1 is 1.22 bits per heavy atom. The summed E-state index contributed by atoms with van der Waals surface area (Å²) < 4.78 is 21.0. The van der Waals surface area contributed by atoms with Crippen LogP contribution in [-0.2, 0) is 22.8 Å². The molecule has 0 aliphatic rings. The van der Waals surface area contributed by atoms with E-state index in [1.54, 1.807) is 6.92 Å². The van der Waals surface area contributed by atoms with Gasteiger partial charge in [0.25, 0.3) is 0 Å². The molecule has 0 radical (unpaired) electrons. The summed E-state index contributed by atoms with van der Waals surface area (Å²) in [4.78, 5) is 11.4. The second-order valence-corrected chi connectivity index (χ2v) is 6.37. The van der Waals surface area contributed by atoms with Crippen molar-refractivity contribution in [2.24, 2.45) is 0 Å². The average molecular weight is 280 g/mol. The van der Waals surface area contributed by atoms with Gasteiger partial charge in [0.05, 0.1) is 0 Å². The average Bonchev–Trinajstić information content (AvgIpc) is 2.41. The van der Waals surface area contributed by atoms with Gasteiger partial charge in [-0.15, -0.1) is 0 Å². The molecule has 1 N–H and O–H groups in total. The maximum absolute atomic E-state index is 11.4. The molecule has 0 rings (SSSR count). The van der Waals surface area contributed by atoms with Crippen LogP contribution < -0.4 is 0 Å². The van der Waals surface area contributed by atoms with Gasteiger partial charge in [-0.3, -0.25) is 0 Å². The van der Waals surface area contributed by atoms with Gasteiger partial charge in [0.1, 0.15) is 0 Å². The fraction of sp³-hybridized carbons (Fsp3) is 0.727. The van der Waals surface area contributed by atoms with Crippen LogP contribution >= 0.6 is 0 Å². The first-order chi connectivity index (χ1) is 8.47. The van der Waals surface area contributed by atoms with Crippen molar-refractivity contribution in [1.29, 1.82) is 0 Å². The number of aliphatic hydroxyl groups is 1. The molecule has 18 heavy (non-hydrogen) atoms. The lowest BCUT2D eigenvalue weighted by Gasteiger charge is -2.31. The van der Waals surface area contributed by atoms with Crippen molar-refractivity contribution < 1.29 is 27.9 Å². The number of hydrogen-bond donors (Lipinski definition) is 1. The van der Waals surface area contributed by atoms with E-state index in [2.05, 4.69) is 6.58 Å². The summed E-state index contributed by atoms with van der Waals surface area (Å²) >= 11 is 0. The molecule has 0 bridgehead atoms. The molecule has 0 aromatic carbocycles. The van der Waals surface area contributed by atoms with E-state index in [0.29, 0.717) is 12.0 Å². The van der Waals surface area contributed by atoms with E-state index < -0.39 is 20.5 Å². The molecule has 0 aromatic rings. The minimum absolute atomic E-state index is 0.338. The Hall–Kier alpha value is -0.733. The number of aliphatic hydroxyl groups excluding tert-OH is 1. The molecule has 7 heteroatoms. The van der Waals surface area contributed by atoms with Crippen molar-refractivity contribution in [2.45, 2.75) is 26.0 Å². The monoisotopic (exact) mass is 280 g/mol. The van der Waals surface area contributed by atoms with Gasteiger partial charge in [-0.25, -0.2) is 4.79 Å². The number of carbonyl (C=O) groups is 1. The first-order valence-electron chi connectivity index (χ1n) is 5.44. The lowest BCUT2D eigenvalue weighted by molar-refractivity contribution is -0.143. The molecular formula is C11H24O6Si. The summed E-state index contributed by atoms with van der Waals surface area (Å²) in [7, 11) is 2.51. The number of carbonyl (C=O) groups excluding carboxylic acids is 1. The maximum atomic E-state index is 11.4. The first kappa shape index (κ1) is 19.6. The Bertz CT molecular complexity index is 244. The summed E-state index contributed by atoms with van der Waals surface area (Å²) in [5, 5.41) is 7.00. The van der Waals surface area contributed by atoms with Crippen molar-refractivity contribution >= 4 is 14.8 Å². The molecule has 108 valence electrons. The molecule has 0 spiro atoms. The predicted molar refractivity (Wildman–Crippen MR) is 69.9 cm³/mol. The number of esters is 1. The van der Waals surface area contributed by atoms with Gasteiger partial charge in [-0.05, 0) is 13.3 Å². The number of hydrogen-bond acceptors (Lipinski definition) is 6. The molecule has 0 amide bonds. The second kappa shape index (κ2) is 10.2. The third-order valence-corrected chi connectivity index (χ3v) is 5.24. The predicted octanol–water partition coefficient (Wildman–Crippen LogP) is 0.910. The van der Waals surface area contributed by atoms with E-state index in [4.69, 9.17) is 23.1 Å². The Morgan fingerprint density at radius 3 is 1.83 bits per heavy atom. The zero-order chi connectivity index (χ0) is 14.8. The standard InChI is InChI=1S/C10H20O5Si.CH4O/c1-7-9(15-10(11)8(2)3)16(12-4,13-5)14-6;1-2/h9H,2,7H2,1,3-6H3;2H,1H3. The van der Waals surface area contributed by atoms with E-state index in [-0.39, 0.29) is 0 Å². The van der Waals surface area contributed by atoms with Crippen molar-refractivity contribution in [3.05, 3.63) is 12.2 Å². The van der Waals surface area contributed by atoms with Gasteiger partial charge in [-0.2, -0.15) is 0 Å². The van der Waals surface area contributed by atoms with Crippen LogP contribution in [0.4, 0.5) is 0 Å². The van der Waals surface area contributed by atoms with E-state index in [1.807, 2.05) is 6.92 Å². The summed E-state index contributed by atoms with van der Waals surface area (Å²) in [5.41, 5.74) is -0.179. The molecule has 0 fully saturated rings. The summed E-state index contributed by atoms with van der Waals surface area (Å²) in [6, 6.07) is 0. The third kappa shape index (κ3) is 5.28. The minimum Gasteiger partial charge on any atom is -0.454 e. The van der Waals surface area contributed by atoms with Gasteiger partial charge in [0, 0.05) is 34.0 Å². The van der Waals surface area contributed by atoms with Crippen LogP contribution in [-0.4, -0.2) is 54.0 Å². The fourth-order valence-electron chi connectivity index (χ4n) is 1.28. The summed E-state index contributed by atoms with van der Waals surface area (Å²) in [5.74, 6) is -0.463. The molecule has 0 heterocycles. The van der Waals surface area contributed by atoms with Crippen LogP contribution in [0.25, 0.3) is 0 Å². The molecule has 1 unspecified atom stereocenters. The van der Waals surface area contributed by atoms with Crippen LogP contribution in [0.5, 0.6) is 0 Å². The SMILES string of the molecule is C=C(C)C(=O)OC(CC)[Si](OC)(OC)OC.CO. The third-order valence-electron chi connectivity index (χ3n) is 2.22. The van der Waals surface area contributed by atoms with Gasteiger partial charge in [0.2, 0.25) is 0 Å². The highest BCUT2D eigenvalue weighted by atomic mass is 28.4. The highest BCUT2D eigenvalue weighted by Gasteiger charge is 2.49. The Labute approximate surface area is 110 Å². The number of ether oxygens (including phenoxy) is 1. The van der Waals surface area contributed by atoms with Crippen molar-refractivity contribution in [3.8, 4) is 0 Å². The lowest BCUT2D eigenvalue weighted by atomic mass is 10.4. The molecule has 0 aromatic heterocycles. The fourth-order valence-corrected chi connectivity index (χ4v) is 3.32. The normalized spacial score (nSPS) is 12.2. The first-order valence-corrected chi connectivity index (χ1v) is 7.24. The zero-order valence-corrected chi connectivity index (χ0v) is 13.0. The van der Waals surface area contributed by atoms with Crippen LogP contribution in [0.3, 0.4) is 0 Å². The van der Waals surface area contributed by atoms with Crippen molar-refractivity contribution in [1.82, 2.24) is 0 Å². The van der Waals surface area contributed by atoms with Gasteiger partial charge >= 0.3 is 14.8 Å². The highest BCUT2D eigenvalue weighted by molar-refractivity contribution is 6.62. The molecule has 0 saturated carbocycles. The van der Waals surface area contributed by atoms with Crippen LogP contribution in [0.2, 0.25) is 0 Å². The van der Waals surface area contributed by atoms with Crippen LogP contribution in [0, 0.1) is 0 Å². The molecule has 0 aliphatic heterocycles. The van der Waals surface area contributed by atoms with Crippen LogP contribution in [0.15, 0.2) is 12.2 Å². The van der Waals surface area contributed by atoms with E-state index in [9.17, 15) is 4.79 Å². The van der Waals surface area contributed by atoms with Gasteiger partial charge < -0.3 is 23.1 Å². The second-order valence-electron chi connectivity index (χ2n) is 3.30. The topological polar surface area (TPSA) is 74.2 Å². The van der Waals surface area contributed by atoms with Gasteiger partial charge in [0.15, 0.2) is 5.73 Å². The maximum Gasteiger partial charge on any atom is 0.543 e. The Kier molecular flexibility index (Phi) is 11.1. The largest absolute Gasteiger partial charge is 0.543 e.